The highest BCUT2D eigenvalue weighted by Crippen LogP contribution is 2.32. The highest BCUT2D eigenvalue weighted by atomic mass is 16.5. The summed E-state index contributed by atoms with van der Waals surface area (Å²) in [5, 5.41) is 56.5. The number of ether oxygens (including phenoxy) is 1. The number of ketones is 1. The third kappa shape index (κ3) is 5.22. The summed E-state index contributed by atoms with van der Waals surface area (Å²) in [4.78, 5) is 35.8. The number of hydrogen-bond acceptors (Lipinski definition) is 18. The number of aromatic amines is 2. The van der Waals surface area contributed by atoms with Crippen molar-refractivity contribution in [3.63, 3.8) is 0 Å². The minimum atomic E-state index is -0.739. The summed E-state index contributed by atoms with van der Waals surface area (Å²) in [7, 11) is 1.21. The molecular formula is C21H21N17O5. The molecule has 43 heavy (non-hydrogen) atoms. The Labute approximate surface area is 238 Å². The topological polar surface area (TPSA) is 317 Å². The number of H-pyrrole nitrogens is 2. The fourth-order valence-electron chi connectivity index (χ4n) is 3.62. The Morgan fingerprint density at radius 2 is 1.35 bits per heavy atom. The van der Waals surface area contributed by atoms with Crippen molar-refractivity contribution in [1.82, 2.24) is 54.9 Å². The van der Waals surface area contributed by atoms with Gasteiger partial charge in [-0.25, -0.2) is 4.79 Å². The van der Waals surface area contributed by atoms with Crippen molar-refractivity contribution in [1.29, 1.82) is 0 Å². The minimum absolute atomic E-state index is 0.00257. The number of nitrogens with zero attached hydrogens (tertiary/aromatic N) is 13. The van der Waals surface area contributed by atoms with Crippen LogP contribution in [-0.4, -0.2) is 90.6 Å². The third-order valence-corrected chi connectivity index (χ3v) is 5.69. The maximum absolute atomic E-state index is 11.9. The van der Waals surface area contributed by atoms with Crippen molar-refractivity contribution in [2.75, 3.05) is 25.2 Å². The number of hydrogen-bond donors (Lipinski definition) is 6. The zero-order valence-electron chi connectivity index (χ0n) is 22.4. The normalized spacial score (nSPS) is 11.6. The van der Waals surface area contributed by atoms with Crippen LogP contribution in [-0.2, 0) is 4.74 Å². The standard InChI is InChI=1S/C21H21N17O5/c1-7-12(29-33-16-9(4-24-31-16)11(40)6-39)14(22)37(35-7)19-26-20(28-21(42)27-19)38-15(23)13(8(2)36-38)30-34-17-10(5-25-32-17)18(41)43-3/h4-5,39H,6,22-23H2,1-3H3,(H,24,31)(H,25,32)(H,26,27,28,42)/b33-29+,34-30+. The van der Waals surface area contributed by atoms with Crippen molar-refractivity contribution in [3.8, 4) is 17.9 Å². The van der Waals surface area contributed by atoms with Gasteiger partial charge in [-0.15, -0.1) is 20.5 Å². The molecule has 0 unspecified atom stereocenters. The van der Waals surface area contributed by atoms with Gasteiger partial charge in [0.05, 0.1) is 36.5 Å². The molecule has 0 saturated heterocycles. The van der Waals surface area contributed by atoms with Crippen molar-refractivity contribution in [2.24, 2.45) is 20.5 Å². The number of aliphatic hydroxyl groups is 1. The SMILES string of the molecule is COC(=O)c1cn[nH]c1/N=N/c1c(C)nn(-c2nc(O)nc(-n3nc(C)c(/N=N/c4[nH]ncc4C(=O)CO)c3N)n2)c1N. The Balaban J connectivity index is 1.48. The number of nitrogen functional groups attached to an aromatic ring is 2. The predicted molar refractivity (Wildman–Crippen MR) is 142 cm³/mol. The maximum Gasteiger partial charge on any atom is 0.343 e. The Hall–Kier alpha value is -6.45. The maximum atomic E-state index is 11.9. The number of Topliss-reactive ketones (excluding diaryl/α,β-unsaturated/α-hetero) is 1. The predicted octanol–water partition coefficient (Wildman–Crippen LogP) is 0.968. The molecule has 8 N–H and O–H groups in total. The van der Waals surface area contributed by atoms with Gasteiger partial charge in [0.1, 0.15) is 12.2 Å². The molecule has 0 saturated carbocycles. The highest BCUT2D eigenvalue weighted by molar-refractivity contribution is 6.00. The number of carbonyl (C=O) groups is 2. The van der Waals surface area contributed by atoms with E-state index in [1.54, 1.807) is 13.8 Å². The molecule has 0 bridgehead atoms. The molecule has 0 radical (unpaired) electrons. The monoisotopic (exact) mass is 591 g/mol. The van der Waals surface area contributed by atoms with Crippen molar-refractivity contribution >= 4 is 46.4 Å². The lowest BCUT2D eigenvalue weighted by atomic mass is 10.2. The Kier molecular flexibility index (Phi) is 7.32. The molecule has 5 aromatic rings. The number of aromatic nitrogens is 11. The first-order valence-electron chi connectivity index (χ1n) is 11.9. The second-order valence-electron chi connectivity index (χ2n) is 8.43. The van der Waals surface area contributed by atoms with E-state index in [1.807, 2.05) is 0 Å². The van der Waals surface area contributed by atoms with Gasteiger partial charge in [-0.2, -0.15) is 44.7 Å². The number of azo groups is 2. The van der Waals surface area contributed by atoms with E-state index < -0.39 is 24.4 Å². The first-order chi connectivity index (χ1) is 20.6. The van der Waals surface area contributed by atoms with Gasteiger partial charge in [-0.05, 0) is 13.8 Å². The molecule has 0 aliphatic rings. The number of nitrogens with one attached hydrogen (secondary N) is 2. The van der Waals surface area contributed by atoms with Crippen molar-refractivity contribution < 1.29 is 24.5 Å². The molecule has 0 atom stereocenters. The van der Waals surface area contributed by atoms with Crippen molar-refractivity contribution in [2.45, 2.75) is 13.8 Å². The van der Waals surface area contributed by atoms with E-state index in [1.165, 1.54) is 19.5 Å². The van der Waals surface area contributed by atoms with Crippen LogP contribution in [0.5, 0.6) is 6.01 Å². The number of aryl methyl sites for hydroxylation is 2. The van der Waals surface area contributed by atoms with Crippen LogP contribution in [0.25, 0.3) is 11.9 Å². The van der Waals surface area contributed by atoms with Gasteiger partial charge in [0, 0.05) is 0 Å². The number of carbonyl (C=O) groups excluding carboxylic acids is 2. The number of methoxy groups -OCH3 is 1. The zero-order chi connectivity index (χ0) is 30.8. The molecule has 0 aliphatic heterocycles. The first kappa shape index (κ1) is 28.1. The number of anilines is 2. The lowest BCUT2D eigenvalue weighted by molar-refractivity contribution is 0.0601. The summed E-state index contributed by atoms with van der Waals surface area (Å²) < 4.78 is 6.83. The van der Waals surface area contributed by atoms with E-state index in [0.29, 0.717) is 11.4 Å². The van der Waals surface area contributed by atoms with Crippen LogP contribution in [0, 0.1) is 13.8 Å². The van der Waals surface area contributed by atoms with E-state index in [9.17, 15) is 14.7 Å². The van der Waals surface area contributed by atoms with Gasteiger partial charge in [0.25, 0.3) is 11.9 Å². The van der Waals surface area contributed by atoms with Gasteiger partial charge in [0.15, 0.2) is 40.4 Å². The summed E-state index contributed by atoms with van der Waals surface area (Å²) in [6.45, 7) is 2.42. The first-order valence-corrected chi connectivity index (χ1v) is 11.9. The number of esters is 1. The van der Waals surface area contributed by atoms with Crippen LogP contribution in [0.4, 0.5) is 34.6 Å². The van der Waals surface area contributed by atoms with E-state index in [-0.39, 0.29) is 57.7 Å². The van der Waals surface area contributed by atoms with Gasteiger partial charge < -0.3 is 26.4 Å². The lowest BCUT2D eigenvalue weighted by Gasteiger charge is -2.06. The summed E-state index contributed by atoms with van der Waals surface area (Å²) in [6, 6.07) is -0.712. The van der Waals surface area contributed by atoms with Crippen LogP contribution in [0.1, 0.15) is 32.1 Å². The van der Waals surface area contributed by atoms with Crippen LogP contribution in [0.2, 0.25) is 0 Å². The van der Waals surface area contributed by atoms with Crippen LogP contribution in [0.3, 0.4) is 0 Å². The largest absolute Gasteiger partial charge is 0.479 e. The number of rotatable bonds is 9. The number of aliphatic hydroxyl groups excluding tert-OH is 1. The number of aromatic hydroxyl groups is 1. The summed E-state index contributed by atoms with van der Waals surface area (Å²) in [5.74, 6) is -1.84. The van der Waals surface area contributed by atoms with Gasteiger partial charge in [0.2, 0.25) is 0 Å². The molecule has 220 valence electrons. The molecule has 0 aromatic carbocycles. The van der Waals surface area contributed by atoms with Gasteiger partial charge >= 0.3 is 12.0 Å². The molecule has 5 heterocycles. The van der Waals surface area contributed by atoms with Crippen molar-refractivity contribution in [3.05, 3.63) is 34.9 Å². The second-order valence-corrected chi connectivity index (χ2v) is 8.43. The molecular weight excluding hydrogens is 570 g/mol. The highest BCUT2D eigenvalue weighted by Gasteiger charge is 2.22. The van der Waals surface area contributed by atoms with Gasteiger partial charge in [-0.1, -0.05) is 0 Å². The smallest absolute Gasteiger partial charge is 0.343 e. The molecule has 5 aromatic heterocycles. The van der Waals surface area contributed by atoms with Crippen LogP contribution < -0.4 is 11.5 Å². The zero-order valence-corrected chi connectivity index (χ0v) is 22.4. The molecule has 22 heteroatoms. The van der Waals surface area contributed by atoms with Crippen LogP contribution in [0.15, 0.2) is 32.9 Å². The van der Waals surface area contributed by atoms with Crippen LogP contribution >= 0.6 is 0 Å². The lowest BCUT2D eigenvalue weighted by Crippen LogP contribution is -2.13. The van der Waals surface area contributed by atoms with E-state index in [2.05, 4.69) is 70.7 Å². The summed E-state index contributed by atoms with van der Waals surface area (Å²) in [6.07, 6.45) is 2.44. The number of nitrogens with two attached hydrogens (primary N) is 2. The molecule has 0 fully saturated rings. The molecule has 22 nitrogen and oxygen atoms in total. The van der Waals surface area contributed by atoms with E-state index in [0.717, 1.165) is 9.36 Å². The average Bonchev–Trinajstić information content (AvgIpc) is 3.77. The quantitative estimate of drug-likeness (QED) is 0.0790. The fourth-order valence-corrected chi connectivity index (χ4v) is 3.62. The molecule has 0 amide bonds. The Bertz CT molecular complexity index is 1780. The molecule has 0 aliphatic carbocycles. The second kappa shape index (κ2) is 11.2. The fraction of sp³-hybridized carbons (Fsp3) is 0.190. The van der Waals surface area contributed by atoms with Gasteiger partial charge in [-0.3, -0.25) is 15.0 Å². The Morgan fingerprint density at radius 1 is 0.860 bits per heavy atom. The van der Waals surface area contributed by atoms with E-state index in [4.69, 9.17) is 16.6 Å². The Morgan fingerprint density at radius 3 is 1.84 bits per heavy atom. The summed E-state index contributed by atoms with van der Waals surface area (Å²) >= 11 is 0. The summed E-state index contributed by atoms with van der Waals surface area (Å²) in [5.41, 5.74) is 13.4. The molecule has 5 rings (SSSR count). The molecule has 0 spiro atoms. The average molecular weight is 592 g/mol. The third-order valence-electron chi connectivity index (χ3n) is 5.69. The van der Waals surface area contributed by atoms with E-state index >= 15 is 0 Å². The minimum Gasteiger partial charge on any atom is -0.479 e.